The van der Waals surface area contributed by atoms with Crippen molar-refractivity contribution in [1.29, 1.82) is 0 Å². The van der Waals surface area contributed by atoms with Crippen molar-refractivity contribution in [1.82, 2.24) is 9.88 Å². The minimum absolute atomic E-state index is 0.0624. The number of amides is 1. The molecule has 1 fully saturated rings. The van der Waals surface area contributed by atoms with E-state index in [1.54, 1.807) is 7.05 Å². The first-order valence-electron chi connectivity index (χ1n) is 7.06. The summed E-state index contributed by atoms with van der Waals surface area (Å²) in [6.45, 7) is 2.19. The summed E-state index contributed by atoms with van der Waals surface area (Å²) in [5, 5.41) is 14.6. The number of hydrogen-bond donors (Lipinski definition) is 1. The van der Waals surface area contributed by atoms with Crippen molar-refractivity contribution in [2.45, 2.75) is 38.1 Å². The standard InChI is InChI=1S/C14H20BrN3O3/c1-10-4-3-5-14(7-10,9-15)16-13(19)12-6-11(18(20)21)8-17(12)2/h6,8,10H,3-5,7,9H2,1-2H3,(H,16,19). The van der Waals surface area contributed by atoms with Gasteiger partial charge in [-0.3, -0.25) is 14.9 Å². The third-order valence-corrected chi connectivity index (χ3v) is 5.23. The van der Waals surface area contributed by atoms with Crippen LogP contribution in [0.25, 0.3) is 0 Å². The third-order valence-electron chi connectivity index (χ3n) is 4.16. The molecular formula is C14H20BrN3O3. The Bertz CT molecular complexity index is 558. The molecular weight excluding hydrogens is 338 g/mol. The Morgan fingerprint density at radius 2 is 2.38 bits per heavy atom. The van der Waals surface area contributed by atoms with E-state index in [1.807, 2.05) is 0 Å². The molecule has 7 heteroatoms. The zero-order chi connectivity index (χ0) is 15.6. The summed E-state index contributed by atoms with van der Waals surface area (Å²) >= 11 is 3.51. The first-order chi connectivity index (χ1) is 9.87. The molecule has 0 radical (unpaired) electrons. The van der Waals surface area contributed by atoms with Gasteiger partial charge in [0.05, 0.1) is 16.7 Å². The zero-order valence-corrected chi connectivity index (χ0v) is 13.9. The number of nitrogens with one attached hydrogen (secondary N) is 1. The van der Waals surface area contributed by atoms with Gasteiger partial charge in [-0.2, -0.15) is 0 Å². The van der Waals surface area contributed by atoms with E-state index in [1.165, 1.54) is 23.3 Å². The van der Waals surface area contributed by atoms with Gasteiger partial charge in [0.2, 0.25) is 0 Å². The van der Waals surface area contributed by atoms with Gasteiger partial charge in [-0.05, 0) is 18.8 Å². The maximum Gasteiger partial charge on any atom is 0.287 e. The molecule has 0 saturated heterocycles. The van der Waals surface area contributed by atoms with Gasteiger partial charge in [0, 0.05) is 18.4 Å². The Labute approximate surface area is 132 Å². The molecule has 1 heterocycles. The molecule has 1 aliphatic carbocycles. The lowest BCUT2D eigenvalue weighted by Gasteiger charge is -2.39. The van der Waals surface area contributed by atoms with Crippen LogP contribution < -0.4 is 5.32 Å². The molecule has 2 unspecified atom stereocenters. The first-order valence-corrected chi connectivity index (χ1v) is 8.18. The predicted octanol–water partition coefficient (Wildman–Crippen LogP) is 3.01. The smallest absolute Gasteiger partial charge is 0.287 e. The monoisotopic (exact) mass is 357 g/mol. The van der Waals surface area contributed by atoms with Crippen molar-refractivity contribution in [3.63, 3.8) is 0 Å². The Morgan fingerprint density at radius 3 is 2.90 bits per heavy atom. The Balaban J connectivity index is 2.18. The van der Waals surface area contributed by atoms with Gasteiger partial charge in [0.25, 0.3) is 11.6 Å². The van der Waals surface area contributed by atoms with Crippen LogP contribution in [0.2, 0.25) is 0 Å². The van der Waals surface area contributed by atoms with Crippen molar-refractivity contribution in [2.24, 2.45) is 13.0 Å². The SMILES string of the molecule is CC1CCCC(CBr)(NC(=O)c2cc([N+](=O)[O-])cn2C)C1. The molecule has 0 spiro atoms. The second-order valence-corrected chi connectivity index (χ2v) is 6.58. The number of hydrogen-bond acceptors (Lipinski definition) is 3. The summed E-state index contributed by atoms with van der Waals surface area (Å²) in [6.07, 6.45) is 5.48. The van der Waals surface area contributed by atoms with E-state index >= 15 is 0 Å². The van der Waals surface area contributed by atoms with Crippen LogP contribution in [0.3, 0.4) is 0 Å². The van der Waals surface area contributed by atoms with E-state index in [4.69, 9.17) is 0 Å². The molecule has 1 N–H and O–H groups in total. The third kappa shape index (κ3) is 3.45. The van der Waals surface area contributed by atoms with E-state index in [0.29, 0.717) is 16.9 Å². The maximum absolute atomic E-state index is 12.5. The van der Waals surface area contributed by atoms with Gasteiger partial charge in [0.1, 0.15) is 5.69 Å². The lowest BCUT2D eigenvalue weighted by Crippen LogP contribution is -2.52. The second kappa shape index (κ2) is 6.17. The molecule has 1 saturated carbocycles. The molecule has 1 aromatic rings. The average Bonchev–Trinajstić information content (AvgIpc) is 2.81. The summed E-state index contributed by atoms with van der Waals surface area (Å²) in [4.78, 5) is 22.8. The highest BCUT2D eigenvalue weighted by molar-refractivity contribution is 9.09. The number of halogens is 1. The van der Waals surface area contributed by atoms with Crippen LogP contribution in [0.5, 0.6) is 0 Å². The van der Waals surface area contributed by atoms with Crippen LogP contribution in [-0.4, -0.2) is 26.3 Å². The summed E-state index contributed by atoms with van der Waals surface area (Å²) in [6, 6.07) is 1.32. The number of aromatic nitrogens is 1. The molecule has 116 valence electrons. The lowest BCUT2D eigenvalue weighted by molar-refractivity contribution is -0.384. The number of aryl methyl sites for hydroxylation is 1. The van der Waals surface area contributed by atoms with Crippen LogP contribution >= 0.6 is 15.9 Å². The van der Waals surface area contributed by atoms with Gasteiger partial charge in [0.15, 0.2) is 0 Å². The molecule has 0 bridgehead atoms. The fraction of sp³-hybridized carbons (Fsp3) is 0.643. The van der Waals surface area contributed by atoms with Gasteiger partial charge in [-0.15, -0.1) is 0 Å². The molecule has 2 rings (SSSR count). The van der Waals surface area contributed by atoms with E-state index in [2.05, 4.69) is 28.2 Å². The molecule has 1 amide bonds. The van der Waals surface area contributed by atoms with Crippen LogP contribution in [0.1, 0.15) is 43.1 Å². The molecule has 1 aliphatic rings. The van der Waals surface area contributed by atoms with Gasteiger partial charge < -0.3 is 9.88 Å². The van der Waals surface area contributed by atoms with Crippen molar-refractivity contribution >= 4 is 27.5 Å². The van der Waals surface area contributed by atoms with Crippen molar-refractivity contribution in [3.05, 3.63) is 28.1 Å². The first kappa shape index (κ1) is 16.0. The van der Waals surface area contributed by atoms with E-state index < -0.39 is 4.92 Å². The molecule has 21 heavy (non-hydrogen) atoms. The lowest BCUT2D eigenvalue weighted by atomic mass is 9.77. The van der Waals surface area contributed by atoms with Crippen LogP contribution in [-0.2, 0) is 7.05 Å². The quantitative estimate of drug-likeness (QED) is 0.511. The molecule has 0 aromatic carbocycles. The minimum atomic E-state index is -0.486. The maximum atomic E-state index is 12.5. The fourth-order valence-electron chi connectivity index (χ4n) is 3.11. The summed E-state index contributed by atoms with van der Waals surface area (Å²) in [5.41, 5.74) is 0.00108. The topological polar surface area (TPSA) is 77.2 Å². The van der Waals surface area contributed by atoms with Crippen molar-refractivity contribution in [3.8, 4) is 0 Å². The largest absolute Gasteiger partial charge is 0.344 e. The number of nitro groups is 1. The summed E-state index contributed by atoms with van der Waals surface area (Å²) in [5.74, 6) is 0.318. The highest BCUT2D eigenvalue weighted by atomic mass is 79.9. The van der Waals surface area contributed by atoms with Gasteiger partial charge in [-0.1, -0.05) is 35.7 Å². The van der Waals surface area contributed by atoms with Gasteiger partial charge >= 0.3 is 0 Å². The predicted molar refractivity (Wildman–Crippen MR) is 83.7 cm³/mol. The Kier molecular flexibility index (Phi) is 4.70. The highest BCUT2D eigenvalue weighted by Crippen LogP contribution is 2.34. The number of carbonyl (C=O) groups is 1. The number of alkyl halides is 1. The molecule has 1 aromatic heterocycles. The number of carbonyl (C=O) groups excluding carboxylic acids is 1. The molecule has 6 nitrogen and oxygen atoms in total. The van der Waals surface area contributed by atoms with Crippen LogP contribution in [0, 0.1) is 16.0 Å². The summed E-state index contributed by atoms with van der Waals surface area (Å²) in [7, 11) is 1.65. The minimum Gasteiger partial charge on any atom is -0.344 e. The average molecular weight is 358 g/mol. The van der Waals surface area contributed by atoms with E-state index in [-0.39, 0.29) is 17.1 Å². The van der Waals surface area contributed by atoms with E-state index in [0.717, 1.165) is 19.3 Å². The van der Waals surface area contributed by atoms with Crippen molar-refractivity contribution in [2.75, 3.05) is 5.33 Å². The van der Waals surface area contributed by atoms with E-state index in [9.17, 15) is 14.9 Å². The molecule has 2 atom stereocenters. The highest BCUT2D eigenvalue weighted by Gasteiger charge is 2.36. The fourth-order valence-corrected chi connectivity index (χ4v) is 3.76. The number of rotatable bonds is 4. The van der Waals surface area contributed by atoms with Crippen LogP contribution in [0.4, 0.5) is 5.69 Å². The van der Waals surface area contributed by atoms with Crippen LogP contribution in [0.15, 0.2) is 12.3 Å². The molecule has 0 aliphatic heterocycles. The summed E-state index contributed by atoms with van der Waals surface area (Å²) < 4.78 is 1.50. The number of nitrogens with zero attached hydrogens (tertiary/aromatic N) is 2. The Morgan fingerprint density at radius 1 is 1.67 bits per heavy atom. The Hall–Kier alpha value is -1.37. The zero-order valence-electron chi connectivity index (χ0n) is 12.3. The van der Waals surface area contributed by atoms with Crippen molar-refractivity contribution < 1.29 is 9.72 Å². The normalized spacial score (nSPS) is 25.6. The second-order valence-electron chi connectivity index (χ2n) is 6.02. The van der Waals surface area contributed by atoms with Gasteiger partial charge in [-0.25, -0.2) is 0 Å².